The van der Waals surface area contributed by atoms with E-state index in [0.29, 0.717) is 22.5 Å². The molecule has 1 aliphatic heterocycles. The molecule has 1 aromatic heterocycles. The Kier molecular flexibility index (Phi) is 7.01. The number of nitrogens with zero attached hydrogens (tertiary/aromatic N) is 3. The Bertz CT molecular complexity index is 1400. The molecule has 0 spiro atoms. The van der Waals surface area contributed by atoms with Crippen LogP contribution >= 0.6 is 11.6 Å². The number of amides is 1. The zero-order chi connectivity index (χ0) is 25.9. The Morgan fingerprint density at radius 2 is 1.73 bits per heavy atom. The molecule has 190 valence electrons. The fraction of sp³-hybridized carbons (Fsp3) is 0.250. The minimum Gasteiger partial charge on any atom is -0.493 e. The molecule has 0 saturated carbocycles. The molecule has 0 fully saturated rings. The molecule has 0 radical (unpaired) electrons. The van der Waals surface area contributed by atoms with Gasteiger partial charge in [-0.2, -0.15) is 4.98 Å². The summed E-state index contributed by atoms with van der Waals surface area (Å²) in [5, 5.41) is 11.7. The van der Waals surface area contributed by atoms with Crippen molar-refractivity contribution < 1.29 is 14.3 Å². The van der Waals surface area contributed by atoms with Gasteiger partial charge in [-0.05, 0) is 54.3 Å². The van der Waals surface area contributed by atoms with Crippen LogP contribution in [0, 0.1) is 6.92 Å². The zero-order valence-corrected chi connectivity index (χ0v) is 21.6. The van der Waals surface area contributed by atoms with E-state index in [1.807, 2.05) is 35.0 Å². The van der Waals surface area contributed by atoms with Gasteiger partial charge >= 0.3 is 0 Å². The predicted molar refractivity (Wildman–Crippen MR) is 144 cm³/mol. The van der Waals surface area contributed by atoms with E-state index >= 15 is 0 Å². The summed E-state index contributed by atoms with van der Waals surface area (Å²) < 4.78 is 12.5. The van der Waals surface area contributed by atoms with Crippen LogP contribution in [0.25, 0.3) is 0 Å². The lowest BCUT2D eigenvalue weighted by Crippen LogP contribution is -2.28. The quantitative estimate of drug-likeness (QED) is 0.332. The number of anilines is 2. The number of methoxy groups -OCH3 is 2. The molecule has 8 nitrogen and oxygen atoms in total. The molecule has 4 aromatic rings. The minimum atomic E-state index is -0.226. The summed E-state index contributed by atoms with van der Waals surface area (Å²) in [7, 11) is 3.14. The fourth-order valence-electron chi connectivity index (χ4n) is 4.56. The number of hydrogen-bond acceptors (Lipinski definition) is 6. The second kappa shape index (κ2) is 10.5. The van der Waals surface area contributed by atoms with Crippen molar-refractivity contribution in [1.29, 1.82) is 0 Å². The van der Waals surface area contributed by atoms with Crippen LogP contribution in [0.4, 0.5) is 11.9 Å². The van der Waals surface area contributed by atoms with Gasteiger partial charge in [-0.25, -0.2) is 4.68 Å². The summed E-state index contributed by atoms with van der Waals surface area (Å²) in [6.07, 6.45) is 0.909. The number of carbonyl (C=O) groups is 1. The Morgan fingerprint density at radius 1 is 1.03 bits per heavy atom. The smallest absolute Gasteiger partial charge is 0.250 e. The highest BCUT2D eigenvalue weighted by Crippen LogP contribution is 2.38. The van der Waals surface area contributed by atoms with Crippen LogP contribution < -0.4 is 20.1 Å². The van der Waals surface area contributed by atoms with E-state index in [1.165, 1.54) is 5.56 Å². The highest BCUT2D eigenvalue weighted by molar-refractivity contribution is 6.30. The summed E-state index contributed by atoms with van der Waals surface area (Å²) in [4.78, 5) is 17.5. The molecule has 0 bridgehead atoms. The van der Waals surface area contributed by atoms with Crippen LogP contribution in [0.3, 0.4) is 0 Å². The second-order valence-electron chi connectivity index (χ2n) is 9.03. The third kappa shape index (κ3) is 5.39. The fourth-order valence-corrected chi connectivity index (χ4v) is 4.68. The number of aromatic nitrogens is 3. The average Bonchev–Trinajstić information content (AvgIpc) is 3.31. The summed E-state index contributed by atoms with van der Waals surface area (Å²) in [5.74, 6) is 1.80. The van der Waals surface area contributed by atoms with Gasteiger partial charge in [0.1, 0.15) is 0 Å². The van der Waals surface area contributed by atoms with Crippen LogP contribution in [-0.4, -0.2) is 34.9 Å². The van der Waals surface area contributed by atoms with E-state index in [1.54, 1.807) is 26.4 Å². The number of nitrogens with one attached hydrogen (secondary N) is 2. The van der Waals surface area contributed by atoms with Gasteiger partial charge < -0.3 is 14.8 Å². The molecule has 2 heterocycles. The van der Waals surface area contributed by atoms with Crippen LogP contribution in [0.2, 0.25) is 5.02 Å². The number of benzene rings is 3. The maximum atomic E-state index is 12.9. The number of fused-ring (bicyclic) bond motifs is 1. The molecule has 5 rings (SSSR count). The molecule has 1 aliphatic rings. The van der Waals surface area contributed by atoms with Gasteiger partial charge in [0.15, 0.2) is 11.5 Å². The van der Waals surface area contributed by atoms with Crippen LogP contribution in [0.15, 0.2) is 66.7 Å². The first-order chi connectivity index (χ1) is 17.9. The van der Waals surface area contributed by atoms with Crippen molar-refractivity contribution in [2.24, 2.45) is 0 Å². The summed E-state index contributed by atoms with van der Waals surface area (Å²) in [5.41, 5.74) is 4.21. The predicted octanol–water partition coefficient (Wildman–Crippen LogP) is 5.58. The van der Waals surface area contributed by atoms with Crippen molar-refractivity contribution in [3.8, 4) is 11.5 Å². The molecule has 37 heavy (non-hydrogen) atoms. The Morgan fingerprint density at radius 3 is 2.43 bits per heavy atom. The van der Waals surface area contributed by atoms with Crippen LogP contribution in [-0.2, 0) is 11.2 Å². The van der Waals surface area contributed by atoms with Crippen molar-refractivity contribution in [3.05, 3.63) is 94.0 Å². The van der Waals surface area contributed by atoms with Gasteiger partial charge in [0.2, 0.25) is 11.9 Å². The normalized spacial score (nSPS) is 16.4. The van der Waals surface area contributed by atoms with Crippen LogP contribution in [0.1, 0.15) is 40.8 Å². The Labute approximate surface area is 220 Å². The van der Waals surface area contributed by atoms with Gasteiger partial charge in [0.25, 0.3) is 5.95 Å². The maximum Gasteiger partial charge on any atom is 0.250 e. The van der Waals surface area contributed by atoms with Gasteiger partial charge in [-0.15, -0.1) is 5.10 Å². The van der Waals surface area contributed by atoms with Crippen molar-refractivity contribution in [2.75, 3.05) is 24.9 Å². The molecule has 1 amide bonds. The van der Waals surface area contributed by atoms with E-state index in [0.717, 1.165) is 23.1 Å². The Hall–Kier alpha value is -4.04. The SMILES string of the molecule is COc1ccc(CC(=O)Nc2nc3n(n2)[C@H](c2ccc(C)cc2)C[C@@H](c2ccc(Cl)cc2)N3)cc1OC. The number of halogens is 1. The van der Waals surface area contributed by atoms with Crippen molar-refractivity contribution in [2.45, 2.75) is 31.8 Å². The molecule has 0 aliphatic carbocycles. The highest BCUT2D eigenvalue weighted by atomic mass is 35.5. The molecule has 0 unspecified atom stereocenters. The highest BCUT2D eigenvalue weighted by Gasteiger charge is 2.31. The van der Waals surface area contributed by atoms with E-state index in [9.17, 15) is 4.79 Å². The standard InChI is InChI=1S/C28H28ClN5O3/c1-17-4-7-20(8-5-17)23-16-22(19-9-11-21(29)12-10-19)30-28-32-27(33-34(23)28)31-26(35)15-18-6-13-24(36-2)25(14-18)37-3/h4-14,22-23H,15-16H2,1-3H3,(H2,30,31,32,33,35)/t22-,23-/m0/s1. The van der Waals surface area contributed by atoms with E-state index < -0.39 is 0 Å². The largest absolute Gasteiger partial charge is 0.493 e. The summed E-state index contributed by atoms with van der Waals surface area (Å²) in [6.45, 7) is 2.07. The molecule has 3 aromatic carbocycles. The van der Waals surface area contributed by atoms with Crippen LogP contribution in [0.5, 0.6) is 11.5 Å². The van der Waals surface area contributed by atoms with Gasteiger partial charge in [0, 0.05) is 5.02 Å². The molecule has 2 atom stereocenters. The van der Waals surface area contributed by atoms with E-state index in [4.69, 9.17) is 21.1 Å². The number of rotatable bonds is 7. The first-order valence-electron chi connectivity index (χ1n) is 12.0. The van der Waals surface area contributed by atoms with Gasteiger partial charge in [-0.3, -0.25) is 10.1 Å². The van der Waals surface area contributed by atoms with Crippen molar-refractivity contribution in [3.63, 3.8) is 0 Å². The second-order valence-corrected chi connectivity index (χ2v) is 9.46. The monoisotopic (exact) mass is 517 g/mol. The molecular formula is C28H28ClN5O3. The summed E-state index contributed by atoms with van der Waals surface area (Å²) >= 11 is 6.11. The number of hydrogen-bond donors (Lipinski definition) is 2. The number of carbonyl (C=O) groups excluding carboxylic acids is 1. The topological polar surface area (TPSA) is 90.3 Å². The average molecular weight is 518 g/mol. The van der Waals surface area contributed by atoms with Gasteiger partial charge in [-0.1, -0.05) is 59.6 Å². The lowest BCUT2D eigenvalue weighted by Gasteiger charge is -2.31. The van der Waals surface area contributed by atoms with E-state index in [2.05, 4.69) is 51.9 Å². The van der Waals surface area contributed by atoms with E-state index in [-0.39, 0.29) is 30.4 Å². The first-order valence-corrected chi connectivity index (χ1v) is 12.4. The summed E-state index contributed by atoms with van der Waals surface area (Å²) in [6, 6.07) is 21.6. The lowest BCUT2D eigenvalue weighted by atomic mass is 9.93. The minimum absolute atomic E-state index is 0.00980. The lowest BCUT2D eigenvalue weighted by molar-refractivity contribution is -0.115. The van der Waals surface area contributed by atoms with Crippen molar-refractivity contribution >= 4 is 29.4 Å². The third-order valence-electron chi connectivity index (χ3n) is 6.49. The zero-order valence-electron chi connectivity index (χ0n) is 20.9. The molecule has 0 saturated heterocycles. The molecule has 9 heteroatoms. The maximum absolute atomic E-state index is 12.9. The van der Waals surface area contributed by atoms with Crippen molar-refractivity contribution in [1.82, 2.24) is 14.8 Å². The Balaban J connectivity index is 1.39. The number of ether oxygens (including phenoxy) is 2. The molecular weight excluding hydrogens is 490 g/mol. The first kappa shape index (κ1) is 24.6. The third-order valence-corrected chi connectivity index (χ3v) is 6.74. The number of aryl methyl sites for hydroxylation is 1. The van der Waals surface area contributed by atoms with Gasteiger partial charge in [0.05, 0.1) is 32.7 Å². The molecule has 2 N–H and O–H groups in total.